The molecule has 0 aliphatic carbocycles. The molecule has 148 valence electrons. The molecule has 1 aromatic carbocycles. The van der Waals surface area contributed by atoms with Crippen molar-refractivity contribution in [2.24, 2.45) is 0 Å². The molecule has 7 nitrogen and oxygen atoms in total. The molecule has 0 radical (unpaired) electrons. The monoisotopic (exact) mass is 412 g/mol. The van der Waals surface area contributed by atoms with Crippen LogP contribution in [0, 0.1) is 12.7 Å². The molecule has 0 fully saturated rings. The van der Waals surface area contributed by atoms with Gasteiger partial charge in [-0.1, -0.05) is 0 Å². The lowest BCUT2D eigenvalue weighted by molar-refractivity contribution is 0.282. The number of aliphatic hydroxyl groups excluding tert-OH is 1. The highest BCUT2D eigenvalue weighted by Crippen LogP contribution is 2.33. The van der Waals surface area contributed by atoms with Gasteiger partial charge >= 0.3 is 0 Å². The fourth-order valence-corrected chi connectivity index (χ4v) is 3.59. The lowest BCUT2D eigenvalue weighted by Gasteiger charge is -2.07. The second-order valence-corrected chi connectivity index (χ2v) is 8.60. The minimum absolute atomic E-state index is 0.143. The Balaban J connectivity index is 2.04. The third kappa shape index (κ3) is 3.50. The third-order valence-corrected chi connectivity index (χ3v) is 5.37. The molecule has 0 bridgehead atoms. The van der Waals surface area contributed by atoms with E-state index < -0.39 is 9.84 Å². The van der Waals surface area contributed by atoms with Crippen molar-refractivity contribution in [2.45, 2.75) is 18.7 Å². The summed E-state index contributed by atoms with van der Waals surface area (Å²) in [6.07, 6.45) is 4.14. The number of halogens is 1. The Morgan fingerprint density at radius 2 is 1.93 bits per heavy atom. The molecule has 3 heterocycles. The van der Waals surface area contributed by atoms with E-state index >= 15 is 0 Å². The Morgan fingerprint density at radius 3 is 2.62 bits per heavy atom. The molecule has 1 N–H and O–H groups in total. The van der Waals surface area contributed by atoms with Crippen molar-refractivity contribution in [3.05, 3.63) is 65.7 Å². The minimum Gasteiger partial charge on any atom is -0.392 e. The highest BCUT2D eigenvalue weighted by molar-refractivity contribution is 7.90. The van der Waals surface area contributed by atoms with Crippen LogP contribution in [0.5, 0.6) is 0 Å². The van der Waals surface area contributed by atoms with Crippen LogP contribution in [-0.4, -0.2) is 39.1 Å². The molecule has 9 heteroatoms. The molecule has 3 aromatic heterocycles. The third-order valence-electron chi connectivity index (χ3n) is 4.51. The molecule has 0 spiro atoms. The van der Waals surface area contributed by atoms with Crippen LogP contribution < -0.4 is 0 Å². The number of sulfone groups is 1. The molecule has 29 heavy (non-hydrogen) atoms. The van der Waals surface area contributed by atoms with E-state index in [2.05, 4.69) is 15.0 Å². The summed E-state index contributed by atoms with van der Waals surface area (Å²) < 4.78 is 39.4. The number of pyridine rings is 1. The van der Waals surface area contributed by atoms with Gasteiger partial charge in [0, 0.05) is 24.2 Å². The number of aromatic nitrogens is 4. The van der Waals surface area contributed by atoms with E-state index in [0.717, 1.165) is 6.26 Å². The maximum atomic E-state index is 13.8. The van der Waals surface area contributed by atoms with Crippen molar-refractivity contribution in [2.75, 3.05) is 6.26 Å². The smallest absolute Gasteiger partial charge is 0.247 e. The predicted molar refractivity (Wildman–Crippen MR) is 105 cm³/mol. The zero-order valence-electron chi connectivity index (χ0n) is 15.7. The van der Waals surface area contributed by atoms with Gasteiger partial charge in [-0.2, -0.15) is 0 Å². The lowest BCUT2D eigenvalue weighted by Crippen LogP contribution is -2.05. The Labute approximate surface area is 166 Å². The Kier molecular flexibility index (Phi) is 4.64. The fraction of sp³-hybridized carbons (Fsp3) is 0.150. The van der Waals surface area contributed by atoms with Crippen LogP contribution in [0.25, 0.3) is 28.3 Å². The first-order chi connectivity index (χ1) is 13.8. The Hall–Kier alpha value is -3.17. The van der Waals surface area contributed by atoms with E-state index in [1.807, 2.05) is 0 Å². The van der Waals surface area contributed by atoms with E-state index in [9.17, 15) is 17.9 Å². The number of hydrogen-bond acceptors (Lipinski definition) is 6. The van der Waals surface area contributed by atoms with Crippen molar-refractivity contribution >= 4 is 15.5 Å². The molecular formula is C20H17FN4O3S. The maximum Gasteiger partial charge on any atom is 0.247 e. The number of rotatable bonds is 4. The molecular weight excluding hydrogens is 395 g/mol. The normalized spacial score (nSPS) is 11.9. The van der Waals surface area contributed by atoms with Gasteiger partial charge in [-0.05, 0) is 54.4 Å². The van der Waals surface area contributed by atoms with Crippen molar-refractivity contribution < 1.29 is 17.9 Å². The van der Waals surface area contributed by atoms with Crippen LogP contribution in [0.1, 0.15) is 11.1 Å². The number of benzene rings is 1. The number of imidazole rings is 1. The minimum atomic E-state index is -3.60. The molecule has 0 unspecified atom stereocenters. The fourth-order valence-electron chi connectivity index (χ4n) is 3.07. The number of aryl methyl sites for hydroxylation is 1. The largest absolute Gasteiger partial charge is 0.392 e. The van der Waals surface area contributed by atoms with Crippen molar-refractivity contribution in [3.8, 4) is 22.6 Å². The molecule has 4 rings (SSSR count). The van der Waals surface area contributed by atoms with Crippen molar-refractivity contribution in [1.29, 1.82) is 0 Å². The molecule has 0 saturated heterocycles. The van der Waals surface area contributed by atoms with Crippen LogP contribution in [0.4, 0.5) is 4.39 Å². The maximum absolute atomic E-state index is 13.8. The summed E-state index contributed by atoms with van der Waals surface area (Å²) in [5.41, 5.74) is 3.76. The summed E-state index contributed by atoms with van der Waals surface area (Å²) in [4.78, 5) is 12.7. The van der Waals surface area contributed by atoms with Gasteiger partial charge in [0.15, 0.2) is 0 Å². The van der Waals surface area contributed by atoms with Gasteiger partial charge in [0.2, 0.25) is 15.0 Å². The van der Waals surface area contributed by atoms with Gasteiger partial charge in [0.25, 0.3) is 0 Å². The molecule has 0 aliphatic heterocycles. The standard InChI is InChI=1S/C20H17FN4O3S/c1-12-9-14(3-4-15(12)21)18-19(16-5-7-22-20(23-16)29(2,27)28)25-8-6-13(11-26)10-17(25)24-18/h3-10,26H,11H2,1-2H3. The summed E-state index contributed by atoms with van der Waals surface area (Å²) in [5.74, 6) is -0.331. The highest BCUT2D eigenvalue weighted by Gasteiger charge is 2.20. The van der Waals surface area contributed by atoms with E-state index in [4.69, 9.17) is 0 Å². The van der Waals surface area contributed by atoms with Crippen LogP contribution in [0.2, 0.25) is 0 Å². The predicted octanol–water partition coefficient (Wildman–Crippen LogP) is 2.80. The van der Waals surface area contributed by atoms with Gasteiger partial charge in [-0.15, -0.1) is 0 Å². The number of fused-ring (bicyclic) bond motifs is 1. The number of aliphatic hydroxyl groups is 1. The first kappa shape index (κ1) is 19.2. The van der Waals surface area contributed by atoms with Crippen molar-refractivity contribution in [1.82, 2.24) is 19.4 Å². The second-order valence-electron chi connectivity index (χ2n) is 6.69. The lowest BCUT2D eigenvalue weighted by atomic mass is 10.1. The van der Waals surface area contributed by atoms with Crippen molar-refractivity contribution in [3.63, 3.8) is 0 Å². The van der Waals surface area contributed by atoms with Gasteiger partial charge in [0.05, 0.1) is 23.7 Å². The van der Waals surface area contributed by atoms with E-state index in [1.165, 1.54) is 12.3 Å². The Morgan fingerprint density at radius 1 is 1.14 bits per heavy atom. The van der Waals surface area contributed by atoms with Crippen LogP contribution in [0.3, 0.4) is 0 Å². The Bertz CT molecular complexity index is 1350. The number of nitrogens with zero attached hydrogens (tertiary/aromatic N) is 4. The van der Waals surface area contributed by atoms with Gasteiger partial charge in [-0.25, -0.2) is 27.8 Å². The average Bonchev–Trinajstić information content (AvgIpc) is 3.08. The molecule has 0 aliphatic rings. The molecule has 4 aromatic rings. The second kappa shape index (κ2) is 7.02. The number of hydrogen-bond donors (Lipinski definition) is 1. The van der Waals surface area contributed by atoms with Crippen LogP contribution in [-0.2, 0) is 16.4 Å². The van der Waals surface area contributed by atoms with Crippen LogP contribution in [0.15, 0.2) is 53.9 Å². The highest BCUT2D eigenvalue weighted by atomic mass is 32.2. The zero-order valence-corrected chi connectivity index (χ0v) is 16.5. The summed E-state index contributed by atoms with van der Waals surface area (Å²) in [5, 5.41) is 9.14. The van der Waals surface area contributed by atoms with E-state index in [0.29, 0.717) is 39.4 Å². The first-order valence-electron chi connectivity index (χ1n) is 8.70. The van der Waals surface area contributed by atoms with Gasteiger partial charge < -0.3 is 5.11 Å². The van der Waals surface area contributed by atoms with Gasteiger partial charge in [0.1, 0.15) is 11.5 Å². The summed E-state index contributed by atoms with van der Waals surface area (Å²) in [6.45, 7) is 1.51. The first-order valence-corrected chi connectivity index (χ1v) is 10.6. The summed E-state index contributed by atoms with van der Waals surface area (Å²) >= 11 is 0. The molecule has 0 atom stereocenters. The van der Waals surface area contributed by atoms with E-state index in [-0.39, 0.29) is 17.6 Å². The molecule has 0 amide bonds. The summed E-state index contributed by atoms with van der Waals surface area (Å²) in [6, 6.07) is 9.70. The molecule has 0 saturated carbocycles. The summed E-state index contributed by atoms with van der Waals surface area (Å²) in [7, 11) is -3.60. The zero-order chi connectivity index (χ0) is 20.8. The topological polar surface area (TPSA) is 97.5 Å². The SMILES string of the molecule is Cc1cc(-c2nc3cc(CO)ccn3c2-c2ccnc(S(C)(=O)=O)n2)ccc1F. The van der Waals surface area contributed by atoms with Gasteiger partial charge in [-0.3, -0.25) is 4.40 Å². The average molecular weight is 412 g/mol. The van der Waals surface area contributed by atoms with Crippen LogP contribution >= 0.6 is 0 Å². The van der Waals surface area contributed by atoms with E-state index in [1.54, 1.807) is 47.9 Å². The quantitative estimate of drug-likeness (QED) is 0.518.